The second-order valence-corrected chi connectivity index (χ2v) is 7.96. The summed E-state index contributed by atoms with van der Waals surface area (Å²) >= 11 is 0. The van der Waals surface area contributed by atoms with Crippen LogP contribution in [0.2, 0.25) is 0 Å². The van der Waals surface area contributed by atoms with Gasteiger partial charge in [0.2, 0.25) is 0 Å². The lowest BCUT2D eigenvalue weighted by atomic mass is 9.96. The molecule has 0 bridgehead atoms. The van der Waals surface area contributed by atoms with Gasteiger partial charge in [-0.25, -0.2) is 9.97 Å². The van der Waals surface area contributed by atoms with E-state index < -0.39 is 0 Å². The summed E-state index contributed by atoms with van der Waals surface area (Å²) in [5.74, 6) is 1.88. The molecule has 27 heavy (non-hydrogen) atoms. The molecule has 4 rings (SSSR count). The molecule has 0 atom stereocenters. The Labute approximate surface area is 159 Å². The van der Waals surface area contributed by atoms with E-state index in [0.717, 1.165) is 30.2 Å². The molecule has 0 unspecified atom stereocenters. The predicted octanol–water partition coefficient (Wildman–Crippen LogP) is 2.99. The maximum atomic E-state index is 13.2. The molecule has 1 aliphatic rings. The van der Waals surface area contributed by atoms with Crippen LogP contribution in [0.5, 0.6) is 0 Å². The Balaban J connectivity index is 1.58. The zero-order valence-corrected chi connectivity index (χ0v) is 16.1. The third kappa shape index (κ3) is 3.27. The number of pyridine rings is 2. The number of anilines is 1. The number of carbonyl (C=O) groups excluding carboxylic acids is 1. The van der Waals surface area contributed by atoms with Crippen LogP contribution in [0, 0.1) is 0 Å². The molecule has 6 nitrogen and oxygen atoms in total. The molecule has 1 fully saturated rings. The van der Waals surface area contributed by atoms with Crippen molar-refractivity contribution in [2.75, 3.05) is 31.1 Å². The summed E-state index contributed by atoms with van der Waals surface area (Å²) in [7, 11) is 0. The van der Waals surface area contributed by atoms with E-state index in [1.54, 1.807) is 6.20 Å². The maximum Gasteiger partial charge on any atom is 0.274 e. The minimum atomic E-state index is -0.138. The largest absolute Gasteiger partial charge is 0.353 e. The van der Waals surface area contributed by atoms with Crippen LogP contribution < -0.4 is 4.90 Å². The summed E-state index contributed by atoms with van der Waals surface area (Å²) in [6, 6.07) is 11.8. The highest BCUT2D eigenvalue weighted by molar-refractivity contribution is 5.99. The minimum Gasteiger partial charge on any atom is -0.353 e. The molecule has 1 amide bonds. The number of hydrogen-bond donors (Lipinski definition) is 0. The monoisotopic (exact) mass is 363 g/mol. The van der Waals surface area contributed by atoms with Gasteiger partial charge in [-0.05, 0) is 24.3 Å². The Morgan fingerprint density at radius 1 is 1.00 bits per heavy atom. The van der Waals surface area contributed by atoms with E-state index >= 15 is 0 Å². The molecular weight excluding hydrogens is 338 g/mol. The Hall–Kier alpha value is -2.89. The molecule has 0 N–H and O–H groups in total. The number of imidazole rings is 1. The van der Waals surface area contributed by atoms with Crippen molar-refractivity contribution in [3.63, 3.8) is 0 Å². The smallest absolute Gasteiger partial charge is 0.274 e. The molecule has 3 aromatic rings. The SMILES string of the molecule is CC(C)(C)c1nc(C(=O)N2CCN(c3ccccn3)CC2)c2ccccn12. The molecule has 0 spiro atoms. The van der Waals surface area contributed by atoms with Crippen LogP contribution in [0.25, 0.3) is 5.52 Å². The quantitative estimate of drug-likeness (QED) is 0.702. The third-order valence-corrected chi connectivity index (χ3v) is 4.96. The number of hydrogen-bond acceptors (Lipinski definition) is 4. The van der Waals surface area contributed by atoms with Crippen molar-refractivity contribution in [3.8, 4) is 0 Å². The first kappa shape index (κ1) is 17.5. The number of amides is 1. The topological polar surface area (TPSA) is 53.7 Å². The first-order valence-electron chi connectivity index (χ1n) is 9.38. The third-order valence-electron chi connectivity index (χ3n) is 4.96. The first-order chi connectivity index (χ1) is 12.9. The van der Waals surface area contributed by atoms with Crippen molar-refractivity contribution in [3.05, 3.63) is 60.3 Å². The molecule has 1 saturated heterocycles. The summed E-state index contributed by atoms with van der Waals surface area (Å²) in [4.78, 5) is 26.5. The lowest BCUT2D eigenvalue weighted by molar-refractivity contribution is 0.0743. The lowest BCUT2D eigenvalue weighted by Crippen LogP contribution is -2.49. The molecule has 0 aromatic carbocycles. The van der Waals surface area contributed by atoms with Gasteiger partial charge < -0.3 is 14.2 Å². The number of rotatable bonds is 2. The highest BCUT2D eigenvalue weighted by Crippen LogP contribution is 2.25. The molecule has 0 radical (unpaired) electrons. The summed E-state index contributed by atoms with van der Waals surface area (Å²) < 4.78 is 2.04. The molecule has 0 aliphatic carbocycles. The minimum absolute atomic E-state index is 0.00914. The van der Waals surface area contributed by atoms with E-state index in [0.29, 0.717) is 18.8 Å². The van der Waals surface area contributed by atoms with Crippen LogP contribution in [0.3, 0.4) is 0 Å². The number of piperazine rings is 1. The number of fused-ring (bicyclic) bond motifs is 1. The number of carbonyl (C=O) groups is 1. The Morgan fingerprint density at radius 2 is 1.74 bits per heavy atom. The fraction of sp³-hybridized carbons (Fsp3) is 0.381. The van der Waals surface area contributed by atoms with Crippen molar-refractivity contribution < 1.29 is 4.79 Å². The summed E-state index contributed by atoms with van der Waals surface area (Å²) in [5, 5.41) is 0. The van der Waals surface area contributed by atoms with Crippen LogP contribution in [-0.4, -0.2) is 51.4 Å². The van der Waals surface area contributed by atoms with Gasteiger partial charge in [-0.1, -0.05) is 32.9 Å². The highest BCUT2D eigenvalue weighted by Gasteiger charge is 2.29. The zero-order chi connectivity index (χ0) is 19.0. The molecule has 1 aliphatic heterocycles. The molecule has 6 heteroatoms. The number of aromatic nitrogens is 3. The second kappa shape index (κ2) is 6.68. The number of nitrogens with zero attached hydrogens (tertiary/aromatic N) is 5. The van der Waals surface area contributed by atoms with E-state index in [-0.39, 0.29) is 11.3 Å². The summed E-state index contributed by atoms with van der Waals surface area (Å²) in [6.45, 7) is 9.26. The summed E-state index contributed by atoms with van der Waals surface area (Å²) in [6.07, 6.45) is 3.79. The van der Waals surface area contributed by atoms with Crippen LogP contribution in [-0.2, 0) is 5.41 Å². The van der Waals surface area contributed by atoms with Crippen molar-refractivity contribution in [1.29, 1.82) is 0 Å². The van der Waals surface area contributed by atoms with Crippen molar-refractivity contribution in [2.24, 2.45) is 0 Å². The molecule has 140 valence electrons. The molecule has 4 heterocycles. The van der Waals surface area contributed by atoms with Gasteiger partial charge in [0.15, 0.2) is 5.69 Å². The lowest BCUT2D eigenvalue weighted by Gasteiger charge is -2.35. The van der Waals surface area contributed by atoms with Gasteiger partial charge in [-0.2, -0.15) is 0 Å². The molecular formula is C21H25N5O. The van der Waals surface area contributed by atoms with Crippen LogP contribution >= 0.6 is 0 Å². The zero-order valence-electron chi connectivity index (χ0n) is 16.1. The van der Waals surface area contributed by atoms with Crippen molar-refractivity contribution in [2.45, 2.75) is 26.2 Å². The van der Waals surface area contributed by atoms with Crippen LogP contribution in [0.4, 0.5) is 5.82 Å². The maximum absolute atomic E-state index is 13.2. The van der Waals surface area contributed by atoms with Gasteiger partial charge in [-0.15, -0.1) is 0 Å². The fourth-order valence-corrected chi connectivity index (χ4v) is 3.55. The predicted molar refractivity (Wildman–Crippen MR) is 106 cm³/mol. The Morgan fingerprint density at radius 3 is 2.41 bits per heavy atom. The second-order valence-electron chi connectivity index (χ2n) is 7.96. The fourth-order valence-electron chi connectivity index (χ4n) is 3.55. The van der Waals surface area contributed by atoms with E-state index in [9.17, 15) is 4.79 Å². The normalized spacial score (nSPS) is 15.4. The van der Waals surface area contributed by atoms with Gasteiger partial charge in [0.25, 0.3) is 5.91 Å². The summed E-state index contributed by atoms with van der Waals surface area (Å²) in [5.41, 5.74) is 1.28. The van der Waals surface area contributed by atoms with E-state index in [4.69, 9.17) is 4.98 Å². The van der Waals surface area contributed by atoms with E-state index in [2.05, 4.69) is 30.7 Å². The van der Waals surface area contributed by atoms with Crippen LogP contribution in [0.15, 0.2) is 48.8 Å². The standard InChI is InChI=1S/C21H25N5O/c1-21(2,3)20-23-18(16-8-5-7-11-26(16)20)19(27)25-14-12-24(13-15-25)17-9-4-6-10-22-17/h4-11H,12-15H2,1-3H3. The van der Waals surface area contributed by atoms with Gasteiger partial charge >= 0.3 is 0 Å². The first-order valence-corrected chi connectivity index (χ1v) is 9.38. The molecule has 0 saturated carbocycles. The van der Waals surface area contributed by atoms with E-state index in [1.165, 1.54) is 0 Å². The Bertz CT molecular complexity index is 950. The van der Waals surface area contributed by atoms with Crippen molar-refractivity contribution in [1.82, 2.24) is 19.3 Å². The van der Waals surface area contributed by atoms with Gasteiger partial charge in [0.1, 0.15) is 11.6 Å². The highest BCUT2D eigenvalue weighted by atomic mass is 16.2. The average molecular weight is 363 g/mol. The van der Waals surface area contributed by atoms with Gasteiger partial charge in [-0.3, -0.25) is 4.79 Å². The average Bonchev–Trinajstić information content (AvgIpc) is 3.08. The van der Waals surface area contributed by atoms with E-state index in [1.807, 2.05) is 51.9 Å². The van der Waals surface area contributed by atoms with Gasteiger partial charge in [0.05, 0.1) is 5.52 Å². The molecule has 3 aromatic heterocycles. The van der Waals surface area contributed by atoms with Gasteiger partial charge in [0, 0.05) is 44.0 Å². The van der Waals surface area contributed by atoms with Crippen molar-refractivity contribution >= 4 is 17.2 Å². The van der Waals surface area contributed by atoms with Crippen LogP contribution in [0.1, 0.15) is 37.1 Å². The Kier molecular flexibility index (Phi) is 4.34.